The van der Waals surface area contributed by atoms with Gasteiger partial charge < -0.3 is 10.1 Å². The van der Waals surface area contributed by atoms with Gasteiger partial charge in [-0.05, 0) is 45.6 Å². The van der Waals surface area contributed by atoms with Crippen molar-refractivity contribution >= 4 is 0 Å². The van der Waals surface area contributed by atoms with Gasteiger partial charge in [-0.3, -0.25) is 0 Å². The molecule has 0 heterocycles. The molecule has 15 heavy (non-hydrogen) atoms. The summed E-state index contributed by atoms with van der Waals surface area (Å²) in [4.78, 5) is 0. The minimum atomic E-state index is 0.636. The predicted octanol–water partition coefficient (Wildman–Crippen LogP) is 3.14. The molecule has 0 aliphatic heterocycles. The molecule has 1 unspecified atom stereocenters. The second-order valence-corrected chi connectivity index (χ2v) is 4.28. The Morgan fingerprint density at radius 3 is 2.67 bits per heavy atom. The lowest BCUT2D eigenvalue weighted by Crippen LogP contribution is -2.30. The van der Waals surface area contributed by atoms with Crippen molar-refractivity contribution in [2.24, 2.45) is 0 Å². The number of methoxy groups -OCH3 is 1. The predicted molar refractivity (Wildman–Crippen MR) is 67.2 cm³/mol. The van der Waals surface area contributed by atoms with Crippen LogP contribution in [0.3, 0.4) is 0 Å². The third-order valence-corrected chi connectivity index (χ3v) is 2.50. The normalized spacial score (nSPS) is 12.7. The molecule has 0 rings (SSSR count). The quantitative estimate of drug-likeness (QED) is 0.444. The number of rotatable bonds is 10. The SMILES string of the molecule is C=C(C)CCC(CCCOC)NCCC. The number of allylic oxidation sites excluding steroid dienone is 1. The summed E-state index contributed by atoms with van der Waals surface area (Å²) in [5.41, 5.74) is 1.28. The Balaban J connectivity index is 3.67. The zero-order valence-electron chi connectivity index (χ0n) is 10.6. The Kier molecular flexibility index (Phi) is 9.96. The molecule has 0 aliphatic rings. The second kappa shape index (κ2) is 10.2. The highest BCUT2D eigenvalue weighted by Gasteiger charge is 2.06. The topological polar surface area (TPSA) is 21.3 Å². The maximum atomic E-state index is 5.08. The lowest BCUT2D eigenvalue weighted by atomic mass is 10.0. The largest absolute Gasteiger partial charge is 0.385 e. The van der Waals surface area contributed by atoms with E-state index < -0.39 is 0 Å². The van der Waals surface area contributed by atoms with E-state index in [9.17, 15) is 0 Å². The van der Waals surface area contributed by atoms with Crippen molar-refractivity contribution in [3.8, 4) is 0 Å². The fourth-order valence-corrected chi connectivity index (χ4v) is 1.59. The van der Waals surface area contributed by atoms with Crippen molar-refractivity contribution in [2.45, 2.75) is 52.0 Å². The second-order valence-electron chi connectivity index (χ2n) is 4.28. The first-order valence-corrected chi connectivity index (χ1v) is 6.07. The van der Waals surface area contributed by atoms with Crippen molar-refractivity contribution in [3.63, 3.8) is 0 Å². The van der Waals surface area contributed by atoms with Gasteiger partial charge in [-0.25, -0.2) is 0 Å². The van der Waals surface area contributed by atoms with Crippen LogP contribution in [0.5, 0.6) is 0 Å². The van der Waals surface area contributed by atoms with E-state index in [0.717, 1.165) is 26.0 Å². The van der Waals surface area contributed by atoms with Gasteiger partial charge in [-0.1, -0.05) is 12.5 Å². The molecule has 0 radical (unpaired) electrons. The molecule has 0 aromatic rings. The van der Waals surface area contributed by atoms with Gasteiger partial charge >= 0.3 is 0 Å². The van der Waals surface area contributed by atoms with Crippen LogP contribution < -0.4 is 5.32 Å². The van der Waals surface area contributed by atoms with Crippen LogP contribution in [0.2, 0.25) is 0 Å². The van der Waals surface area contributed by atoms with Crippen molar-refractivity contribution in [1.82, 2.24) is 5.32 Å². The zero-order valence-corrected chi connectivity index (χ0v) is 10.6. The molecular weight excluding hydrogens is 186 g/mol. The third kappa shape index (κ3) is 9.95. The van der Waals surface area contributed by atoms with Crippen LogP contribution in [0.15, 0.2) is 12.2 Å². The summed E-state index contributed by atoms with van der Waals surface area (Å²) >= 11 is 0. The minimum absolute atomic E-state index is 0.636. The van der Waals surface area contributed by atoms with Crippen LogP contribution in [-0.4, -0.2) is 26.3 Å². The monoisotopic (exact) mass is 213 g/mol. The molecule has 2 heteroatoms. The molecule has 0 fully saturated rings. The lowest BCUT2D eigenvalue weighted by Gasteiger charge is -2.18. The third-order valence-electron chi connectivity index (χ3n) is 2.50. The highest BCUT2D eigenvalue weighted by atomic mass is 16.5. The van der Waals surface area contributed by atoms with Crippen molar-refractivity contribution in [2.75, 3.05) is 20.3 Å². The fourth-order valence-electron chi connectivity index (χ4n) is 1.59. The first-order chi connectivity index (χ1) is 7.20. The average molecular weight is 213 g/mol. The molecular formula is C13H27NO. The summed E-state index contributed by atoms with van der Waals surface area (Å²) in [6.07, 6.45) is 5.90. The Labute approximate surface area is 95.1 Å². The molecule has 0 aromatic heterocycles. The van der Waals surface area contributed by atoms with Gasteiger partial charge in [0, 0.05) is 19.8 Å². The van der Waals surface area contributed by atoms with Crippen molar-refractivity contribution in [1.29, 1.82) is 0 Å². The van der Waals surface area contributed by atoms with E-state index in [-0.39, 0.29) is 0 Å². The number of hydrogen-bond acceptors (Lipinski definition) is 2. The maximum Gasteiger partial charge on any atom is 0.0462 e. The summed E-state index contributed by atoms with van der Waals surface area (Å²) in [6.45, 7) is 10.3. The smallest absolute Gasteiger partial charge is 0.0462 e. The Morgan fingerprint density at radius 2 is 2.13 bits per heavy atom. The molecule has 90 valence electrons. The molecule has 0 aliphatic carbocycles. The highest BCUT2D eigenvalue weighted by Crippen LogP contribution is 2.09. The number of nitrogens with one attached hydrogen (secondary N) is 1. The first-order valence-electron chi connectivity index (χ1n) is 6.07. The maximum absolute atomic E-state index is 5.08. The summed E-state index contributed by atoms with van der Waals surface area (Å²) in [6, 6.07) is 0.636. The van der Waals surface area contributed by atoms with Gasteiger partial charge in [0.05, 0.1) is 0 Å². The van der Waals surface area contributed by atoms with E-state index in [1.807, 2.05) is 0 Å². The van der Waals surface area contributed by atoms with Crippen molar-refractivity contribution in [3.05, 3.63) is 12.2 Å². The lowest BCUT2D eigenvalue weighted by molar-refractivity contribution is 0.188. The van der Waals surface area contributed by atoms with Crippen LogP contribution >= 0.6 is 0 Å². The molecule has 0 spiro atoms. The van der Waals surface area contributed by atoms with Gasteiger partial charge in [0.2, 0.25) is 0 Å². The van der Waals surface area contributed by atoms with E-state index in [0.29, 0.717) is 6.04 Å². The summed E-state index contributed by atoms with van der Waals surface area (Å²) in [7, 11) is 1.77. The van der Waals surface area contributed by atoms with Crippen LogP contribution in [0.4, 0.5) is 0 Å². The Morgan fingerprint density at radius 1 is 1.40 bits per heavy atom. The van der Waals surface area contributed by atoms with Gasteiger partial charge in [-0.15, -0.1) is 6.58 Å². The molecule has 1 N–H and O–H groups in total. The summed E-state index contributed by atoms with van der Waals surface area (Å²) < 4.78 is 5.08. The number of ether oxygens (including phenoxy) is 1. The molecule has 2 nitrogen and oxygen atoms in total. The van der Waals surface area contributed by atoms with Gasteiger partial charge in [0.25, 0.3) is 0 Å². The zero-order chi connectivity index (χ0) is 11.5. The Hall–Kier alpha value is -0.340. The standard InChI is InChI=1S/C13H27NO/c1-5-10-14-13(7-6-11-15-4)9-8-12(2)3/h13-14H,2,5-11H2,1,3-4H3. The molecule has 0 saturated carbocycles. The van der Waals surface area contributed by atoms with Crippen LogP contribution in [0.1, 0.15) is 46.0 Å². The van der Waals surface area contributed by atoms with Gasteiger partial charge in [-0.2, -0.15) is 0 Å². The van der Waals surface area contributed by atoms with E-state index >= 15 is 0 Å². The molecule has 0 bridgehead atoms. The molecule has 0 aromatic carbocycles. The van der Waals surface area contributed by atoms with Crippen LogP contribution in [-0.2, 0) is 4.74 Å². The van der Waals surface area contributed by atoms with E-state index in [1.165, 1.54) is 24.8 Å². The fraction of sp³-hybridized carbons (Fsp3) is 0.846. The number of hydrogen-bond donors (Lipinski definition) is 1. The van der Waals surface area contributed by atoms with E-state index in [1.54, 1.807) is 7.11 Å². The van der Waals surface area contributed by atoms with Crippen LogP contribution in [0.25, 0.3) is 0 Å². The Bertz CT molecular complexity index is 157. The summed E-state index contributed by atoms with van der Waals surface area (Å²) in [5, 5.41) is 3.59. The summed E-state index contributed by atoms with van der Waals surface area (Å²) in [5.74, 6) is 0. The van der Waals surface area contributed by atoms with E-state index in [4.69, 9.17) is 4.74 Å². The minimum Gasteiger partial charge on any atom is -0.385 e. The van der Waals surface area contributed by atoms with Crippen LogP contribution in [0, 0.1) is 0 Å². The highest BCUT2D eigenvalue weighted by molar-refractivity contribution is 4.89. The van der Waals surface area contributed by atoms with Gasteiger partial charge in [0.1, 0.15) is 0 Å². The van der Waals surface area contributed by atoms with Gasteiger partial charge in [0.15, 0.2) is 0 Å². The molecule has 1 atom stereocenters. The first kappa shape index (κ1) is 14.7. The molecule has 0 amide bonds. The van der Waals surface area contributed by atoms with E-state index in [2.05, 4.69) is 25.7 Å². The molecule has 0 saturated heterocycles. The van der Waals surface area contributed by atoms with Crippen molar-refractivity contribution < 1.29 is 4.74 Å². The average Bonchev–Trinajstić information content (AvgIpc) is 2.21.